The minimum Gasteiger partial charge on any atom is -0.463 e. The highest BCUT2D eigenvalue weighted by molar-refractivity contribution is 5.83. The molecule has 17 nitrogen and oxygen atoms in total. The lowest BCUT2D eigenvalue weighted by atomic mass is 9.74. The van der Waals surface area contributed by atoms with Crippen molar-refractivity contribution in [2.24, 2.45) is 44.3 Å². The van der Waals surface area contributed by atoms with Gasteiger partial charge >= 0.3 is 47.8 Å². The predicted molar refractivity (Wildman–Crippen MR) is 290 cm³/mol. The predicted octanol–water partition coefficient (Wildman–Crippen LogP) is 11.2. The zero-order chi connectivity index (χ0) is 59.0. The maximum absolute atomic E-state index is 12.6. The van der Waals surface area contributed by atoms with Gasteiger partial charge in [-0.3, -0.25) is 28.8 Å². The molecule has 3 saturated carbocycles. The molecule has 2 bridgehead atoms. The molecule has 4 aliphatic heterocycles. The van der Waals surface area contributed by atoms with Gasteiger partial charge in [0.25, 0.3) is 0 Å². The van der Waals surface area contributed by atoms with Gasteiger partial charge in [-0.15, -0.1) is 0 Å². The molecule has 0 aromatic carbocycles. The summed E-state index contributed by atoms with van der Waals surface area (Å²) in [5.41, 5.74) is -3.41. The Morgan fingerprint density at radius 1 is 0.551 bits per heavy atom. The summed E-state index contributed by atoms with van der Waals surface area (Å²) in [4.78, 5) is 95.6. The van der Waals surface area contributed by atoms with E-state index in [2.05, 4.69) is 20.8 Å². The lowest BCUT2D eigenvalue weighted by Crippen LogP contribution is -2.47. The molecule has 7 rings (SSSR count). The van der Waals surface area contributed by atoms with E-state index in [9.17, 15) is 38.4 Å². The Bertz CT molecular complexity index is 2110. The summed E-state index contributed by atoms with van der Waals surface area (Å²) in [5.74, 6) is -2.51. The monoisotopic (exact) mass is 1100 g/mol. The van der Waals surface area contributed by atoms with Crippen LogP contribution >= 0.6 is 0 Å². The minimum atomic E-state index is -0.687. The fraction of sp³-hybridized carbons (Fsp3) is 0.869. The summed E-state index contributed by atoms with van der Waals surface area (Å²) < 4.78 is 49.2. The number of ether oxygens (including phenoxy) is 9. The number of cyclic esters (lactones) is 1. The summed E-state index contributed by atoms with van der Waals surface area (Å²) in [6.07, 6.45) is 12.3. The molecule has 8 atom stereocenters. The number of carbonyl (C=O) groups is 8. The molecule has 0 aromatic heterocycles. The number of carbonyl (C=O) groups excluding carboxylic acids is 8. The molecule has 0 N–H and O–H groups in total. The molecular weight excluding hydrogens is 1000 g/mol. The van der Waals surface area contributed by atoms with Crippen LogP contribution in [0.5, 0.6) is 0 Å². The summed E-state index contributed by atoms with van der Waals surface area (Å²) in [5, 5.41) is 0. The Morgan fingerprint density at radius 3 is 1.56 bits per heavy atom. The molecule has 7 aliphatic rings. The number of esters is 8. The lowest BCUT2D eigenvalue weighted by molar-refractivity contribution is -0.185. The second-order valence-corrected chi connectivity index (χ2v) is 27.4. The first-order chi connectivity index (χ1) is 36.0. The summed E-state index contributed by atoms with van der Waals surface area (Å²) in [6.45, 7) is 34.7. The van der Waals surface area contributed by atoms with Crippen LogP contribution in [0.1, 0.15) is 234 Å². The highest BCUT2D eigenvalue weighted by Gasteiger charge is 2.65. The van der Waals surface area contributed by atoms with E-state index in [0.29, 0.717) is 38.7 Å². The molecule has 4 saturated heterocycles. The number of rotatable bonds is 16. The van der Waals surface area contributed by atoms with Crippen LogP contribution in [0, 0.1) is 44.3 Å². The molecule has 446 valence electrons. The van der Waals surface area contributed by atoms with Crippen molar-refractivity contribution in [3.63, 3.8) is 0 Å². The van der Waals surface area contributed by atoms with E-state index >= 15 is 0 Å². The maximum atomic E-state index is 12.6. The van der Waals surface area contributed by atoms with Crippen LogP contribution in [0.25, 0.3) is 0 Å². The third kappa shape index (κ3) is 16.0. The van der Waals surface area contributed by atoms with Gasteiger partial charge < -0.3 is 42.6 Å². The van der Waals surface area contributed by atoms with Gasteiger partial charge in [0.1, 0.15) is 23.4 Å². The summed E-state index contributed by atoms with van der Waals surface area (Å²) in [6, 6.07) is 0. The first-order valence-corrected chi connectivity index (χ1v) is 29.3. The van der Waals surface area contributed by atoms with Gasteiger partial charge in [-0.05, 0) is 179 Å². The Kier molecular flexibility index (Phi) is 22.2. The van der Waals surface area contributed by atoms with Crippen LogP contribution in [-0.4, -0.2) is 109 Å². The van der Waals surface area contributed by atoms with Gasteiger partial charge in [-0.1, -0.05) is 48.5 Å². The van der Waals surface area contributed by atoms with Crippen LogP contribution in [0.15, 0.2) is 0 Å². The molecular formula is C61H100O17. The zero-order valence-electron chi connectivity index (χ0n) is 51.0. The Morgan fingerprint density at radius 2 is 1.06 bits per heavy atom. The highest BCUT2D eigenvalue weighted by Crippen LogP contribution is 2.50. The van der Waals surface area contributed by atoms with E-state index in [1.807, 2.05) is 76.2 Å². The third-order valence-corrected chi connectivity index (χ3v) is 18.1. The van der Waals surface area contributed by atoms with E-state index in [1.165, 1.54) is 12.8 Å². The highest BCUT2D eigenvalue weighted by atomic mass is 16.7. The lowest BCUT2D eigenvalue weighted by Gasteiger charge is -2.42. The van der Waals surface area contributed by atoms with E-state index in [4.69, 9.17) is 42.6 Å². The Balaban J connectivity index is 0.000000234. The molecule has 8 unspecified atom stereocenters. The summed E-state index contributed by atoms with van der Waals surface area (Å²) >= 11 is 0. The molecule has 0 radical (unpaired) electrons. The van der Waals surface area contributed by atoms with Crippen LogP contribution in [0.3, 0.4) is 0 Å². The normalized spacial score (nSPS) is 26.8. The van der Waals surface area contributed by atoms with E-state index in [0.717, 1.165) is 64.2 Å². The van der Waals surface area contributed by atoms with Crippen molar-refractivity contribution in [3.05, 3.63) is 0 Å². The van der Waals surface area contributed by atoms with Crippen molar-refractivity contribution < 1.29 is 81.0 Å². The fourth-order valence-corrected chi connectivity index (χ4v) is 10.5. The van der Waals surface area contributed by atoms with Crippen molar-refractivity contribution in [1.82, 2.24) is 0 Å². The third-order valence-electron chi connectivity index (χ3n) is 18.1. The zero-order valence-corrected chi connectivity index (χ0v) is 51.0. The second-order valence-electron chi connectivity index (χ2n) is 27.4. The van der Waals surface area contributed by atoms with E-state index in [-0.39, 0.29) is 83.0 Å². The molecule has 78 heavy (non-hydrogen) atoms. The van der Waals surface area contributed by atoms with Crippen molar-refractivity contribution in [2.45, 2.75) is 282 Å². The van der Waals surface area contributed by atoms with E-state index < -0.39 is 63.5 Å². The van der Waals surface area contributed by atoms with Crippen LogP contribution < -0.4 is 0 Å². The van der Waals surface area contributed by atoms with Gasteiger partial charge in [0.05, 0.1) is 45.7 Å². The first-order valence-electron chi connectivity index (χ1n) is 29.3. The van der Waals surface area contributed by atoms with E-state index in [1.54, 1.807) is 27.7 Å². The van der Waals surface area contributed by atoms with Gasteiger partial charge in [0.2, 0.25) is 6.10 Å². The molecule has 0 amide bonds. The van der Waals surface area contributed by atoms with Gasteiger partial charge in [-0.2, -0.15) is 0 Å². The Labute approximate surface area is 466 Å². The number of hydrogen-bond donors (Lipinski definition) is 0. The fourth-order valence-electron chi connectivity index (χ4n) is 10.5. The number of fused-ring (bicyclic) bond motifs is 1. The smallest absolute Gasteiger partial charge is 0.347 e. The molecule has 0 spiro atoms. The van der Waals surface area contributed by atoms with Gasteiger partial charge in [0, 0.05) is 17.8 Å². The average molecular weight is 1110 g/mol. The van der Waals surface area contributed by atoms with Crippen molar-refractivity contribution in [1.29, 1.82) is 0 Å². The van der Waals surface area contributed by atoms with Crippen molar-refractivity contribution in [3.8, 4) is 0 Å². The largest absolute Gasteiger partial charge is 0.463 e. The van der Waals surface area contributed by atoms with Gasteiger partial charge in [0.15, 0.2) is 18.8 Å². The number of hydrogen-bond acceptors (Lipinski definition) is 17. The molecule has 0 aromatic rings. The average Bonchev–Trinajstić information content (AvgIpc) is 4.25. The molecule has 7 fully saturated rings. The van der Waals surface area contributed by atoms with Gasteiger partial charge in [-0.25, -0.2) is 9.59 Å². The first kappa shape index (κ1) is 66.2. The molecule has 4 heterocycles. The molecule has 17 heteroatoms. The van der Waals surface area contributed by atoms with Crippen LogP contribution in [-0.2, 0) is 81.0 Å². The summed E-state index contributed by atoms with van der Waals surface area (Å²) in [7, 11) is 0. The van der Waals surface area contributed by atoms with Crippen LogP contribution in [0.2, 0.25) is 0 Å². The standard InChI is InChI=1S/C23H38O6.C15H28O2.C13H18O5.C10H16O4/c1-7-22(5,6)20(26)27-15-18(24)29-23(13-8-9-14-23)16-11-10-12-17(16)28-19(25)21(2,3)4;1-7-14(5,6)12(16)17-15(13(2,3)4)10-8-9-11-15;1-4-13(2,3)12(15)18-9-7-5-6-8(16-7)10(9)17-11(6)14;1-4-10(2,3)9(12)14-7-5-6-13-8(7)11/h16-17H,7-15H2,1-6H3;7-11H2,1-6H3;6-10H,4-5H2,1-3H3;7H,4-6H2,1-3H3. The maximum Gasteiger partial charge on any atom is 0.347 e. The minimum absolute atomic E-state index is 0.00281. The quantitative estimate of drug-likeness (QED) is 0.104. The SMILES string of the molecule is CCC(C)(C)C(=O)OC1(C(C)(C)C)CCCC1.CCC(C)(C)C(=O)OC1C2CC3C(=O)OC1C3O2.CCC(C)(C)C(=O)OC1CCOC1=O.CCC(C)(C)C(=O)OCC(=O)OC1(C2CCCC2OC(=O)C(C)(C)C)CCCC1. The second kappa shape index (κ2) is 26.1. The van der Waals surface area contributed by atoms with Crippen LogP contribution in [0.4, 0.5) is 0 Å². The Hall–Kier alpha value is -4.28. The van der Waals surface area contributed by atoms with Crippen molar-refractivity contribution in [2.75, 3.05) is 13.2 Å². The molecule has 3 aliphatic carbocycles. The topological polar surface area (TPSA) is 220 Å². The van der Waals surface area contributed by atoms with Crippen molar-refractivity contribution >= 4 is 47.8 Å².